The van der Waals surface area contributed by atoms with Gasteiger partial charge in [-0.05, 0) is 11.6 Å². The van der Waals surface area contributed by atoms with Gasteiger partial charge in [-0.3, -0.25) is 4.79 Å². The first-order chi connectivity index (χ1) is 6.24. The number of rotatable bonds is 3. The minimum absolute atomic E-state index is 0.0546. The number of nitriles is 1. The summed E-state index contributed by atoms with van der Waals surface area (Å²) in [6, 6.07) is 3.73. The number of amides is 1. The molecule has 13 heavy (non-hydrogen) atoms. The van der Waals surface area contributed by atoms with Crippen LogP contribution in [0, 0.1) is 11.3 Å². The number of carbonyl (C=O) groups excluding carboxylic acids is 1. The van der Waals surface area contributed by atoms with E-state index in [-0.39, 0.29) is 12.3 Å². The molecule has 1 aromatic rings. The summed E-state index contributed by atoms with van der Waals surface area (Å²) >= 11 is 0. The molecule has 1 rings (SSSR count). The molecule has 4 nitrogen and oxygen atoms in total. The normalized spacial score (nSPS) is 9.23. The lowest BCUT2D eigenvalue weighted by Gasteiger charge is -2.13. The predicted molar refractivity (Wildman–Crippen MR) is 47.5 cm³/mol. The molecule has 0 fully saturated rings. The third-order valence-electron chi connectivity index (χ3n) is 1.74. The van der Waals surface area contributed by atoms with E-state index in [1.807, 2.05) is 18.3 Å². The molecule has 0 saturated heterocycles. The first-order valence-corrected chi connectivity index (χ1v) is 3.96. The number of aromatic amines is 1. The zero-order valence-electron chi connectivity index (χ0n) is 7.45. The quantitative estimate of drug-likeness (QED) is 0.745. The lowest BCUT2D eigenvalue weighted by atomic mass is 10.3. The SMILES string of the molecule is CN(Cc1cc[nH]c1)C(=O)CC#N. The Morgan fingerprint density at radius 2 is 2.54 bits per heavy atom. The van der Waals surface area contributed by atoms with E-state index in [0.29, 0.717) is 6.54 Å². The summed E-state index contributed by atoms with van der Waals surface area (Å²) in [4.78, 5) is 15.6. The topological polar surface area (TPSA) is 59.9 Å². The second kappa shape index (κ2) is 4.31. The number of hydrogen-bond acceptors (Lipinski definition) is 2. The van der Waals surface area contributed by atoms with Crippen LogP contribution in [0.4, 0.5) is 0 Å². The van der Waals surface area contributed by atoms with Crippen molar-refractivity contribution in [3.8, 4) is 6.07 Å². The van der Waals surface area contributed by atoms with Crippen molar-refractivity contribution in [3.05, 3.63) is 24.0 Å². The molecule has 68 valence electrons. The van der Waals surface area contributed by atoms with Gasteiger partial charge in [-0.15, -0.1) is 0 Å². The summed E-state index contributed by atoms with van der Waals surface area (Å²) in [7, 11) is 1.69. The van der Waals surface area contributed by atoms with Crippen LogP contribution in [0.15, 0.2) is 18.5 Å². The lowest BCUT2D eigenvalue weighted by molar-refractivity contribution is -0.129. The van der Waals surface area contributed by atoms with Gasteiger partial charge in [-0.2, -0.15) is 5.26 Å². The Hall–Kier alpha value is -1.76. The van der Waals surface area contributed by atoms with Crippen LogP contribution >= 0.6 is 0 Å². The summed E-state index contributed by atoms with van der Waals surface area (Å²) in [5.74, 6) is -0.149. The fraction of sp³-hybridized carbons (Fsp3) is 0.333. The van der Waals surface area contributed by atoms with Gasteiger partial charge in [0.05, 0.1) is 6.07 Å². The average Bonchev–Trinajstić information content (AvgIpc) is 2.57. The Morgan fingerprint density at radius 1 is 1.77 bits per heavy atom. The van der Waals surface area contributed by atoms with Gasteiger partial charge < -0.3 is 9.88 Å². The fourth-order valence-corrected chi connectivity index (χ4v) is 1.02. The van der Waals surface area contributed by atoms with Gasteiger partial charge in [-0.1, -0.05) is 0 Å². The number of H-pyrrole nitrogens is 1. The number of nitrogens with zero attached hydrogens (tertiary/aromatic N) is 2. The van der Waals surface area contributed by atoms with E-state index < -0.39 is 0 Å². The maximum absolute atomic E-state index is 11.2. The molecule has 0 aromatic carbocycles. The van der Waals surface area contributed by atoms with Gasteiger partial charge in [0.15, 0.2) is 0 Å². The summed E-state index contributed by atoms with van der Waals surface area (Å²) < 4.78 is 0. The number of carbonyl (C=O) groups is 1. The van der Waals surface area contributed by atoms with E-state index >= 15 is 0 Å². The van der Waals surface area contributed by atoms with E-state index in [1.165, 1.54) is 4.90 Å². The highest BCUT2D eigenvalue weighted by Gasteiger charge is 2.07. The van der Waals surface area contributed by atoms with E-state index in [4.69, 9.17) is 5.26 Å². The van der Waals surface area contributed by atoms with Crippen LogP contribution in [0.2, 0.25) is 0 Å². The van der Waals surface area contributed by atoms with Crippen LogP contribution in [-0.2, 0) is 11.3 Å². The molecule has 1 heterocycles. The molecule has 0 aliphatic carbocycles. The summed E-state index contributed by atoms with van der Waals surface area (Å²) in [6.45, 7) is 0.546. The summed E-state index contributed by atoms with van der Waals surface area (Å²) in [5, 5.41) is 8.31. The molecule has 0 atom stereocenters. The molecule has 0 aliphatic heterocycles. The predicted octanol–water partition coefficient (Wildman–Crippen LogP) is 0.887. The number of nitrogens with one attached hydrogen (secondary N) is 1. The molecule has 0 radical (unpaired) electrons. The zero-order chi connectivity index (χ0) is 9.68. The van der Waals surface area contributed by atoms with Crippen molar-refractivity contribution in [2.45, 2.75) is 13.0 Å². The van der Waals surface area contributed by atoms with E-state index in [9.17, 15) is 4.79 Å². The molecule has 0 spiro atoms. The molecule has 0 unspecified atom stereocenters. The van der Waals surface area contributed by atoms with Crippen molar-refractivity contribution >= 4 is 5.91 Å². The highest BCUT2D eigenvalue weighted by atomic mass is 16.2. The fourth-order valence-electron chi connectivity index (χ4n) is 1.02. The van der Waals surface area contributed by atoms with Gasteiger partial charge in [0, 0.05) is 26.0 Å². The van der Waals surface area contributed by atoms with Crippen molar-refractivity contribution < 1.29 is 4.79 Å². The third-order valence-corrected chi connectivity index (χ3v) is 1.74. The van der Waals surface area contributed by atoms with E-state index in [1.54, 1.807) is 13.2 Å². The highest BCUT2D eigenvalue weighted by molar-refractivity contribution is 5.77. The summed E-state index contributed by atoms with van der Waals surface area (Å²) in [6.07, 6.45) is 3.58. The molecular formula is C9H11N3O. The van der Waals surface area contributed by atoms with Crippen LogP contribution in [0.3, 0.4) is 0 Å². The van der Waals surface area contributed by atoms with Gasteiger partial charge in [-0.25, -0.2) is 0 Å². The van der Waals surface area contributed by atoms with Crippen LogP contribution < -0.4 is 0 Å². The standard InChI is InChI=1S/C9H11N3O/c1-12(9(13)2-4-10)7-8-3-5-11-6-8/h3,5-6,11H,2,7H2,1H3. The smallest absolute Gasteiger partial charge is 0.236 e. The van der Waals surface area contributed by atoms with Crippen molar-refractivity contribution in [2.24, 2.45) is 0 Å². The van der Waals surface area contributed by atoms with E-state index in [0.717, 1.165) is 5.56 Å². The Bertz CT molecular complexity index is 310. The zero-order valence-corrected chi connectivity index (χ0v) is 7.45. The Balaban J connectivity index is 2.47. The van der Waals surface area contributed by atoms with Crippen LogP contribution in [0.1, 0.15) is 12.0 Å². The van der Waals surface area contributed by atoms with Crippen molar-refractivity contribution in [1.82, 2.24) is 9.88 Å². The Morgan fingerprint density at radius 3 is 3.08 bits per heavy atom. The Labute approximate surface area is 76.8 Å². The lowest BCUT2D eigenvalue weighted by Crippen LogP contribution is -2.25. The first kappa shape index (κ1) is 9.33. The Kier molecular flexibility index (Phi) is 3.09. The van der Waals surface area contributed by atoms with Crippen LogP contribution in [0.25, 0.3) is 0 Å². The van der Waals surface area contributed by atoms with Gasteiger partial charge in [0.25, 0.3) is 0 Å². The maximum atomic E-state index is 11.2. The van der Waals surface area contributed by atoms with Crippen molar-refractivity contribution in [1.29, 1.82) is 5.26 Å². The molecule has 1 N–H and O–H groups in total. The molecule has 0 aliphatic rings. The van der Waals surface area contributed by atoms with Crippen LogP contribution in [0.5, 0.6) is 0 Å². The molecular weight excluding hydrogens is 166 g/mol. The largest absolute Gasteiger partial charge is 0.367 e. The molecule has 0 bridgehead atoms. The number of aromatic nitrogens is 1. The van der Waals surface area contributed by atoms with Gasteiger partial charge in [0.1, 0.15) is 6.42 Å². The first-order valence-electron chi connectivity index (χ1n) is 3.96. The molecule has 1 amide bonds. The summed E-state index contributed by atoms with van der Waals surface area (Å²) in [5.41, 5.74) is 1.04. The average molecular weight is 177 g/mol. The maximum Gasteiger partial charge on any atom is 0.236 e. The van der Waals surface area contributed by atoms with Gasteiger partial charge >= 0.3 is 0 Å². The second-order valence-corrected chi connectivity index (χ2v) is 2.80. The van der Waals surface area contributed by atoms with Gasteiger partial charge in [0.2, 0.25) is 5.91 Å². The molecule has 1 aromatic heterocycles. The highest BCUT2D eigenvalue weighted by Crippen LogP contribution is 2.02. The monoisotopic (exact) mass is 177 g/mol. The van der Waals surface area contributed by atoms with Crippen molar-refractivity contribution in [3.63, 3.8) is 0 Å². The molecule has 0 saturated carbocycles. The van der Waals surface area contributed by atoms with Crippen LogP contribution in [-0.4, -0.2) is 22.8 Å². The minimum Gasteiger partial charge on any atom is -0.367 e. The van der Waals surface area contributed by atoms with Crippen molar-refractivity contribution in [2.75, 3.05) is 7.05 Å². The minimum atomic E-state index is -0.149. The van der Waals surface area contributed by atoms with E-state index in [2.05, 4.69) is 4.98 Å². The molecule has 4 heteroatoms. The third kappa shape index (κ3) is 2.64. The second-order valence-electron chi connectivity index (χ2n) is 2.80. The number of hydrogen-bond donors (Lipinski definition) is 1.